The molecule has 0 unspecified atom stereocenters. The number of aliphatic hydroxyl groups excluding tert-OH is 2. The van der Waals surface area contributed by atoms with Gasteiger partial charge in [0.25, 0.3) is 0 Å². The Labute approximate surface area is 204 Å². The first-order valence-electron chi connectivity index (χ1n) is 14.7. The zero-order chi connectivity index (χ0) is 24.0. The predicted octanol–water partition coefficient (Wildman–Crippen LogP) is 7.47. The quantitative estimate of drug-likeness (QED) is 0.460. The fourth-order valence-electron chi connectivity index (χ4n) is 12.0. The zero-order valence-corrected chi connectivity index (χ0v) is 22.9. The van der Waals surface area contributed by atoms with Crippen molar-refractivity contribution in [1.29, 1.82) is 0 Å². The molecule has 0 saturated heterocycles. The van der Waals surface area contributed by atoms with Gasteiger partial charge in [-0.2, -0.15) is 0 Å². The van der Waals surface area contributed by atoms with E-state index in [1.165, 1.54) is 64.2 Å². The Morgan fingerprint density at radius 2 is 1.52 bits per heavy atom. The maximum Gasteiger partial charge on any atom is 0.0594 e. The fourth-order valence-corrected chi connectivity index (χ4v) is 12.0. The molecule has 5 saturated carbocycles. The van der Waals surface area contributed by atoms with Crippen LogP contribution in [0.5, 0.6) is 0 Å². The highest BCUT2D eigenvalue weighted by Gasteiger charge is 2.70. The smallest absolute Gasteiger partial charge is 0.0594 e. The van der Waals surface area contributed by atoms with Crippen molar-refractivity contribution in [2.45, 2.75) is 125 Å². The summed E-state index contributed by atoms with van der Waals surface area (Å²) in [6.45, 7) is 18.1. The van der Waals surface area contributed by atoms with Crippen molar-refractivity contribution >= 4 is 0 Å². The van der Waals surface area contributed by atoms with Gasteiger partial charge in [-0.05, 0) is 127 Å². The molecule has 0 spiro atoms. The van der Waals surface area contributed by atoms with Gasteiger partial charge in [0.2, 0.25) is 0 Å². The molecule has 2 N–H and O–H groups in total. The van der Waals surface area contributed by atoms with Crippen molar-refractivity contribution in [2.24, 2.45) is 62.6 Å². The van der Waals surface area contributed by atoms with E-state index in [9.17, 15) is 10.2 Å². The van der Waals surface area contributed by atoms with Gasteiger partial charge in [-0.3, -0.25) is 0 Å². The molecule has 0 aromatic rings. The number of rotatable bonds is 3. The zero-order valence-electron chi connectivity index (χ0n) is 22.9. The van der Waals surface area contributed by atoms with E-state index in [-0.39, 0.29) is 16.9 Å². The standard InChI is InChI=1S/C31H54O2/c1-8-20(2)21-11-16-31(19-32)18-17-29(6)22(26(21)31)9-10-24-28(5)14-13-25(33)27(3,4)23(28)12-15-30(24,29)7/h20-26,32-33H,8-19H2,1-7H3/t20-,21+,22-,23+,24-,25+,26-,28+,29-,30-,31-/m1/s1. The van der Waals surface area contributed by atoms with Crippen molar-refractivity contribution < 1.29 is 10.2 Å². The molecule has 0 aromatic heterocycles. The first-order chi connectivity index (χ1) is 15.4. The topological polar surface area (TPSA) is 40.5 Å². The molecule has 0 heterocycles. The summed E-state index contributed by atoms with van der Waals surface area (Å²) in [5.41, 5.74) is 1.39. The Bertz CT molecular complexity index is 760. The Morgan fingerprint density at radius 1 is 0.788 bits per heavy atom. The number of hydrogen-bond donors (Lipinski definition) is 2. The van der Waals surface area contributed by atoms with E-state index in [1.807, 2.05) is 0 Å². The monoisotopic (exact) mass is 458 g/mol. The predicted molar refractivity (Wildman–Crippen MR) is 137 cm³/mol. The van der Waals surface area contributed by atoms with Crippen LogP contribution in [0.15, 0.2) is 0 Å². The van der Waals surface area contributed by atoms with E-state index in [0.717, 1.165) is 36.0 Å². The lowest BCUT2D eigenvalue weighted by Gasteiger charge is -2.73. The molecule has 5 fully saturated rings. The average molecular weight is 459 g/mol. The average Bonchev–Trinajstić information content (AvgIpc) is 3.17. The van der Waals surface area contributed by atoms with Gasteiger partial charge in [0.05, 0.1) is 6.10 Å². The summed E-state index contributed by atoms with van der Waals surface area (Å²) >= 11 is 0. The van der Waals surface area contributed by atoms with E-state index in [4.69, 9.17) is 0 Å². The maximum absolute atomic E-state index is 10.9. The third-order valence-corrected chi connectivity index (χ3v) is 14.3. The van der Waals surface area contributed by atoms with Crippen molar-refractivity contribution in [2.75, 3.05) is 6.61 Å². The molecule has 190 valence electrons. The summed E-state index contributed by atoms with van der Waals surface area (Å²) in [4.78, 5) is 0. The number of fused-ring (bicyclic) bond motifs is 7. The Hall–Kier alpha value is -0.0800. The van der Waals surface area contributed by atoms with Crippen LogP contribution in [0.4, 0.5) is 0 Å². The largest absolute Gasteiger partial charge is 0.396 e. The molecule has 0 aliphatic heterocycles. The van der Waals surface area contributed by atoms with Crippen LogP contribution in [0.1, 0.15) is 119 Å². The second-order valence-electron chi connectivity index (χ2n) is 15.2. The minimum Gasteiger partial charge on any atom is -0.396 e. The number of aliphatic hydroxyl groups is 2. The SMILES string of the molecule is CC[C@@H](C)[C@@H]1CC[C@]2(CO)CC[C@]3(C)[C@H](CC[C@@H]4[C@@]5(C)CC[C@H](O)C(C)(C)[C@@H]5CC[C@]43C)[C@@H]12. The van der Waals surface area contributed by atoms with Gasteiger partial charge in [-0.15, -0.1) is 0 Å². The summed E-state index contributed by atoms with van der Waals surface area (Å²) in [6, 6.07) is 0. The van der Waals surface area contributed by atoms with Gasteiger partial charge in [0.1, 0.15) is 0 Å². The molecule has 11 atom stereocenters. The van der Waals surface area contributed by atoms with Crippen LogP contribution in [0, 0.1) is 62.6 Å². The van der Waals surface area contributed by atoms with E-state index in [2.05, 4.69) is 48.5 Å². The molecule has 2 nitrogen and oxygen atoms in total. The second-order valence-corrected chi connectivity index (χ2v) is 15.2. The first-order valence-corrected chi connectivity index (χ1v) is 14.7. The van der Waals surface area contributed by atoms with Gasteiger partial charge in [-0.1, -0.05) is 54.9 Å². The first kappa shape index (κ1) is 24.6. The summed E-state index contributed by atoms with van der Waals surface area (Å²) in [7, 11) is 0. The third-order valence-electron chi connectivity index (χ3n) is 14.3. The normalized spacial score (nSPS) is 56.3. The van der Waals surface area contributed by atoms with Crippen LogP contribution in [-0.4, -0.2) is 22.9 Å². The van der Waals surface area contributed by atoms with Crippen LogP contribution >= 0.6 is 0 Å². The molecule has 5 aliphatic carbocycles. The van der Waals surface area contributed by atoms with Crippen LogP contribution in [0.3, 0.4) is 0 Å². The van der Waals surface area contributed by atoms with Gasteiger partial charge in [0.15, 0.2) is 0 Å². The number of hydrogen-bond acceptors (Lipinski definition) is 2. The highest BCUT2D eigenvalue weighted by atomic mass is 16.3. The van der Waals surface area contributed by atoms with Crippen LogP contribution in [-0.2, 0) is 0 Å². The van der Waals surface area contributed by atoms with Crippen molar-refractivity contribution in [3.05, 3.63) is 0 Å². The van der Waals surface area contributed by atoms with E-state index in [1.54, 1.807) is 0 Å². The van der Waals surface area contributed by atoms with E-state index in [0.29, 0.717) is 28.8 Å². The lowest BCUT2D eigenvalue weighted by molar-refractivity contribution is -0.251. The third kappa shape index (κ3) is 2.98. The molecular formula is C31H54O2. The lowest BCUT2D eigenvalue weighted by Crippen LogP contribution is -2.66. The van der Waals surface area contributed by atoms with E-state index < -0.39 is 0 Å². The summed E-state index contributed by atoms with van der Waals surface area (Å²) in [5, 5.41) is 21.7. The van der Waals surface area contributed by atoms with Crippen molar-refractivity contribution in [1.82, 2.24) is 0 Å². The Balaban J connectivity index is 1.54. The molecule has 0 radical (unpaired) electrons. The maximum atomic E-state index is 10.9. The van der Waals surface area contributed by atoms with Crippen molar-refractivity contribution in [3.63, 3.8) is 0 Å². The van der Waals surface area contributed by atoms with Crippen LogP contribution in [0.25, 0.3) is 0 Å². The van der Waals surface area contributed by atoms with Crippen LogP contribution < -0.4 is 0 Å². The summed E-state index contributed by atoms with van der Waals surface area (Å²) in [6.07, 6.45) is 13.9. The lowest BCUT2D eigenvalue weighted by atomic mass is 9.32. The molecule has 5 aliphatic rings. The molecule has 2 heteroatoms. The molecule has 0 amide bonds. The molecule has 0 aromatic carbocycles. The fraction of sp³-hybridized carbons (Fsp3) is 1.00. The molecular weight excluding hydrogens is 404 g/mol. The summed E-state index contributed by atoms with van der Waals surface area (Å²) < 4.78 is 0. The Kier molecular flexibility index (Phi) is 5.75. The van der Waals surface area contributed by atoms with Gasteiger partial charge < -0.3 is 10.2 Å². The minimum atomic E-state index is -0.138. The van der Waals surface area contributed by atoms with Gasteiger partial charge in [-0.25, -0.2) is 0 Å². The second kappa shape index (κ2) is 7.71. The van der Waals surface area contributed by atoms with Crippen LogP contribution in [0.2, 0.25) is 0 Å². The van der Waals surface area contributed by atoms with Gasteiger partial charge >= 0.3 is 0 Å². The Morgan fingerprint density at radius 3 is 2.18 bits per heavy atom. The van der Waals surface area contributed by atoms with Crippen molar-refractivity contribution in [3.8, 4) is 0 Å². The molecule has 33 heavy (non-hydrogen) atoms. The molecule has 5 rings (SSSR count). The van der Waals surface area contributed by atoms with E-state index >= 15 is 0 Å². The minimum absolute atomic E-state index is 0.0395. The highest BCUT2D eigenvalue weighted by molar-refractivity contribution is 5.19. The summed E-state index contributed by atoms with van der Waals surface area (Å²) in [5.74, 6) is 4.52. The van der Waals surface area contributed by atoms with Gasteiger partial charge in [0, 0.05) is 6.61 Å². The molecule has 0 bridgehead atoms. The highest BCUT2D eigenvalue weighted by Crippen LogP contribution is 2.77.